The Balaban J connectivity index is 1.43. The molecule has 1 fully saturated rings. The molecule has 26 heavy (non-hydrogen) atoms. The van der Waals surface area contributed by atoms with Crippen molar-refractivity contribution in [2.75, 3.05) is 25.0 Å². The number of likely N-dealkylation sites (tertiary alicyclic amines) is 1. The number of hydrogen-bond donors (Lipinski definition) is 2. The average molecular weight is 348 g/mol. The van der Waals surface area contributed by atoms with Crippen LogP contribution in [0.3, 0.4) is 0 Å². The molecule has 1 atom stereocenters. The van der Waals surface area contributed by atoms with Crippen molar-refractivity contribution in [2.45, 2.75) is 19.4 Å². The molecule has 1 aliphatic rings. The molecule has 0 aliphatic carbocycles. The fraction of sp³-hybridized carbons (Fsp3) is 0.333. The Labute approximate surface area is 154 Å². The molecule has 1 saturated heterocycles. The van der Waals surface area contributed by atoms with Crippen LogP contribution < -0.4 is 10.6 Å². The smallest absolute Gasteiger partial charge is 0.319 e. The van der Waals surface area contributed by atoms with Gasteiger partial charge in [-0.1, -0.05) is 30.3 Å². The minimum Gasteiger partial charge on any atom is -0.338 e. The molecule has 0 saturated carbocycles. The zero-order valence-electron chi connectivity index (χ0n) is 14.8. The van der Waals surface area contributed by atoms with Crippen LogP contribution in [-0.2, 0) is 6.54 Å². The van der Waals surface area contributed by atoms with Gasteiger partial charge in [0.1, 0.15) is 0 Å². The summed E-state index contributed by atoms with van der Waals surface area (Å²) in [6.45, 7) is 3.76. The second-order valence-electron chi connectivity index (χ2n) is 6.75. The van der Waals surface area contributed by atoms with Gasteiger partial charge in [0.2, 0.25) is 0 Å². The third kappa shape index (κ3) is 5.33. The van der Waals surface area contributed by atoms with Gasteiger partial charge in [0.25, 0.3) is 0 Å². The standard InChI is InChI=1S/C21H24N4O/c22-13-17-8-10-20(11-9-17)24-21(26)23-14-19-7-4-12-25(16-19)15-18-5-2-1-3-6-18/h1-3,5-6,8-11,19H,4,7,12,14-16H2,(H2,23,24,26)/t19-/m1/s1. The number of carbonyl (C=O) groups excluding carboxylic acids is 1. The minimum absolute atomic E-state index is 0.199. The molecule has 0 bridgehead atoms. The second-order valence-corrected chi connectivity index (χ2v) is 6.75. The number of nitrogens with one attached hydrogen (secondary N) is 2. The lowest BCUT2D eigenvalue weighted by molar-refractivity contribution is 0.166. The normalized spacial score (nSPS) is 17.3. The maximum Gasteiger partial charge on any atom is 0.319 e. The topological polar surface area (TPSA) is 68.2 Å². The van der Waals surface area contributed by atoms with Crippen molar-refractivity contribution in [1.82, 2.24) is 10.2 Å². The summed E-state index contributed by atoms with van der Waals surface area (Å²) < 4.78 is 0. The predicted molar refractivity (Wildman–Crippen MR) is 103 cm³/mol. The fourth-order valence-electron chi connectivity index (χ4n) is 3.34. The third-order valence-corrected chi connectivity index (χ3v) is 4.68. The molecule has 2 aromatic carbocycles. The molecule has 0 spiro atoms. The maximum absolute atomic E-state index is 12.1. The number of urea groups is 1. The van der Waals surface area contributed by atoms with Gasteiger partial charge >= 0.3 is 6.03 Å². The molecule has 2 amide bonds. The lowest BCUT2D eigenvalue weighted by atomic mass is 9.97. The SMILES string of the molecule is N#Cc1ccc(NC(=O)NC[C@H]2CCCN(Cc3ccccc3)C2)cc1. The molecule has 0 unspecified atom stereocenters. The van der Waals surface area contributed by atoms with Crippen molar-refractivity contribution in [3.8, 4) is 6.07 Å². The first kappa shape index (κ1) is 18.0. The molecule has 0 radical (unpaired) electrons. The van der Waals surface area contributed by atoms with Crippen LogP contribution in [0.1, 0.15) is 24.0 Å². The zero-order chi connectivity index (χ0) is 18.2. The minimum atomic E-state index is -0.199. The lowest BCUT2D eigenvalue weighted by Gasteiger charge is -2.32. The summed E-state index contributed by atoms with van der Waals surface area (Å²) in [6.07, 6.45) is 2.30. The Morgan fingerprint density at radius 1 is 1.15 bits per heavy atom. The zero-order valence-corrected chi connectivity index (χ0v) is 14.8. The number of piperidine rings is 1. The van der Waals surface area contributed by atoms with Gasteiger partial charge in [-0.3, -0.25) is 4.90 Å². The molecule has 2 N–H and O–H groups in total. The number of hydrogen-bond acceptors (Lipinski definition) is 3. The van der Waals surface area contributed by atoms with Gasteiger partial charge in [0, 0.05) is 25.3 Å². The molecule has 5 heteroatoms. The Hall–Kier alpha value is -2.84. The van der Waals surface area contributed by atoms with Crippen molar-refractivity contribution in [2.24, 2.45) is 5.92 Å². The van der Waals surface area contributed by atoms with Gasteiger partial charge < -0.3 is 10.6 Å². The quantitative estimate of drug-likeness (QED) is 0.867. The number of carbonyl (C=O) groups is 1. The van der Waals surface area contributed by atoms with Crippen molar-refractivity contribution < 1.29 is 4.79 Å². The number of nitriles is 1. The van der Waals surface area contributed by atoms with Crippen LogP contribution in [-0.4, -0.2) is 30.6 Å². The first-order valence-electron chi connectivity index (χ1n) is 9.04. The Kier molecular flexibility index (Phi) is 6.24. The highest BCUT2D eigenvalue weighted by atomic mass is 16.2. The van der Waals surface area contributed by atoms with Crippen LogP contribution >= 0.6 is 0 Å². The summed E-state index contributed by atoms with van der Waals surface area (Å²) in [5.41, 5.74) is 2.60. The van der Waals surface area contributed by atoms with Crippen molar-refractivity contribution >= 4 is 11.7 Å². The van der Waals surface area contributed by atoms with E-state index in [1.807, 2.05) is 6.07 Å². The van der Waals surface area contributed by atoms with Crippen LogP contribution in [0.5, 0.6) is 0 Å². The first-order chi connectivity index (χ1) is 12.7. The highest BCUT2D eigenvalue weighted by molar-refractivity contribution is 5.89. The highest BCUT2D eigenvalue weighted by Gasteiger charge is 2.20. The van der Waals surface area contributed by atoms with E-state index in [0.717, 1.165) is 32.5 Å². The van der Waals surface area contributed by atoms with Crippen molar-refractivity contribution in [3.63, 3.8) is 0 Å². The summed E-state index contributed by atoms with van der Waals surface area (Å²) in [5.74, 6) is 0.471. The van der Waals surface area contributed by atoms with E-state index in [2.05, 4.69) is 45.9 Å². The summed E-state index contributed by atoms with van der Waals surface area (Å²) in [5, 5.41) is 14.6. The van der Waals surface area contributed by atoms with E-state index in [9.17, 15) is 4.79 Å². The maximum atomic E-state index is 12.1. The molecule has 134 valence electrons. The Morgan fingerprint density at radius 3 is 2.65 bits per heavy atom. The van der Waals surface area contributed by atoms with E-state index in [0.29, 0.717) is 23.7 Å². The molecule has 1 aliphatic heterocycles. The van der Waals surface area contributed by atoms with Gasteiger partial charge in [0.15, 0.2) is 0 Å². The van der Waals surface area contributed by atoms with Crippen LogP contribution in [0.4, 0.5) is 10.5 Å². The molecule has 2 aromatic rings. The van der Waals surface area contributed by atoms with Gasteiger partial charge in [0.05, 0.1) is 11.6 Å². The molecule has 3 rings (SSSR count). The van der Waals surface area contributed by atoms with Crippen LogP contribution in [0.15, 0.2) is 54.6 Å². The summed E-state index contributed by atoms with van der Waals surface area (Å²) in [7, 11) is 0. The number of amides is 2. The van der Waals surface area contributed by atoms with Gasteiger partial charge in [-0.05, 0) is 55.1 Å². The molecular weight excluding hydrogens is 324 g/mol. The predicted octanol–water partition coefficient (Wildman–Crippen LogP) is 3.59. The molecule has 1 heterocycles. The van der Waals surface area contributed by atoms with Crippen molar-refractivity contribution in [1.29, 1.82) is 5.26 Å². The number of anilines is 1. The van der Waals surface area contributed by atoms with E-state index in [-0.39, 0.29) is 6.03 Å². The number of benzene rings is 2. The first-order valence-corrected chi connectivity index (χ1v) is 9.04. The molecular formula is C21H24N4O. The van der Waals surface area contributed by atoms with E-state index >= 15 is 0 Å². The number of rotatable bonds is 5. The average Bonchev–Trinajstić information content (AvgIpc) is 2.68. The Bertz CT molecular complexity index is 752. The summed E-state index contributed by atoms with van der Waals surface area (Å²) in [4.78, 5) is 14.5. The third-order valence-electron chi connectivity index (χ3n) is 4.68. The van der Waals surface area contributed by atoms with Crippen molar-refractivity contribution in [3.05, 3.63) is 65.7 Å². The summed E-state index contributed by atoms with van der Waals surface area (Å²) in [6, 6.07) is 19.2. The van der Waals surface area contributed by atoms with E-state index in [1.165, 1.54) is 5.56 Å². The second kappa shape index (κ2) is 9.02. The van der Waals surface area contributed by atoms with Gasteiger partial charge in [-0.25, -0.2) is 4.79 Å². The fourth-order valence-corrected chi connectivity index (χ4v) is 3.34. The van der Waals surface area contributed by atoms with Gasteiger partial charge in [-0.2, -0.15) is 5.26 Å². The van der Waals surface area contributed by atoms with E-state index in [4.69, 9.17) is 5.26 Å². The van der Waals surface area contributed by atoms with Crippen LogP contribution in [0.2, 0.25) is 0 Å². The Morgan fingerprint density at radius 2 is 1.92 bits per heavy atom. The molecule has 0 aromatic heterocycles. The largest absolute Gasteiger partial charge is 0.338 e. The van der Waals surface area contributed by atoms with E-state index in [1.54, 1.807) is 24.3 Å². The monoisotopic (exact) mass is 348 g/mol. The molecule has 5 nitrogen and oxygen atoms in total. The highest BCUT2D eigenvalue weighted by Crippen LogP contribution is 2.18. The van der Waals surface area contributed by atoms with Gasteiger partial charge in [-0.15, -0.1) is 0 Å². The lowest BCUT2D eigenvalue weighted by Crippen LogP contribution is -2.41. The number of nitrogens with zero attached hydrogens (tertiary/aromatic N) is 2. The van der Waals surface area contributed by atoms with Crippen LogP contribution in [0.25, 0.3) is 0 Å². The summed E-state index contributed by atoms with van der Waals surface area (Å²) >= 11 is 0. The van der Waals surface area contributed by atoms with Crippen LogP contribution in [0, 0.1) is 17.2 Å². The van der Waals surface area contributed by atoms with E-state index < -0.39 is 0 Å².